The number of likely N-dealkylation sites (N-methyl/N-ethyl adjacent to an activating group) is 1. The Balaban J connectivity index is 2.51. The van der Waals surface area contributed by atoms with Gasteiger partial charge in [-0.25, -0.2) is 9.97 Å². The first-order valence-electron chi connectivity index (χ1n) is 4.94. The van der Waals surface area contributed by atoms with E-state index in [4.69, 9.17) is 0 Å². The van der Waals surface area contributed by atoms with Gasteiger partial charge in [-0.1, -0.05) is 0 Å². The molecule has 1 aromatic rings. The van der Waals surface area contributed by atoms with Crippen molar-refractivity contribution < 1.29 is 4.79 Å². The molecule has 15 heavy (non-hydrogen) atoms. The van der Waals surface area contributed by atoms with Crippen LogP contribution in [0.5, 0.6) is 0 Å². The third-order valence-electron chi connectivity index (χ3n) is 2.45. The molecular formula is C10H14N4O. The molecule has 5 heteroatoms. The standard InChI is InChI=1S/C10H14N4O/c1-7(2)14-8-4-11-6-12-10(8)13(3)5-9(14)15/h4,6-7H,5H2,1-3H3. The van der Waals surface area contributed by atoms with Crippen molar-refractivity contribution in [1.82, 2.24) is 9.97 Å². The highest BCUT2D eigenvalue weighted by atomic mass is 16.2. The molecule has 1 aliphatic heterocycles. The van der Waals surface area contributed by atoms with Crippen LogP contribution in [0.2, 0.25) is 0 Å². The molecule has 0 N–H and O–H groups in total. The van der Waals surface area contributed by atoms with Crippen LogP contribution in [0.1, 0.15) is 13.8 Å². The molecule has 2 rings (SSSR count). The van der Waals surface area contributed by atoms with Crippen molar-refractivity contribution in [2.24, 2.45) is 0 Å². The summed E-state index contributed by atoms with van der Waals surface area (Å²) in [5.41, 5.74) is 0.797. The van der Waals surface area contributed by atoms with E-state index in [-0.39, 0.29) is 11.9 Å². The molecule has 0 spiro atoms. The number of rotatable bonds is 1. The van der Waals surface area contributed by atoms with Gasteiger partial charge in [0.15, 0.2) is 5.82 Å². The molecule has 0 aromatic carbocycles. The van der Waals surface area contributed by atoms with Crippen LogP contribution in [0.25, 0.3) is 0 Å². The van der Waals surface area contributed by atoms with E-state index in [0.29, 0.717) is 6.54 Å². The summed E-state index contributed by atoms with van der Waals surface area (Å²) in [7, 11) is 1.86. The van der Waals surface area contributed by atoms with Crippen LogP contribution < -0.4 is 9.80 Å². The Hall–Kier alpha value is -1.65. The van der Waals surface area contributed by atoms with Crippen LogP contribution >= 0.6 is 0 Å². The molecule has 0 unspecified atom stereocenters. The molecular weight excluding hydrogens is 192 g/mol. The molecule has 1 aliphatic rings. The summed E-state index contributed by atoms with van der Waals surface area (Å²) in [6, 6.07) is 0.135. The number of carbonyl (C=O) groups is 1. The van der Waals surface area contributed by atoms with E-state index in [0.717, 1.165) is 11.5 Å². The summed E-state index contributed by atoms with van der Waals surface area (Å²) < 4.78 is 0. The number of carbonyl (C=O) groups excluding carboxylic acids is 1. The maximum atomic E-state index is 11.8. The molecule has 0 atom stereocenters. The lowest BCUT2D eigenvalue weighted by atomic mass is 10.2. The summed E-state index contributed by atoms with van der Waals surface area (Å²) in [5, 5.41) is 0. The van der Waals surface area contributed by atoms with Gasteiger partial charge in [-0.15, -0.1) is 0 Å². The van der Waals surface area contributed by atoms with Crippen molar-refractivity contribution in [1.29, 1.82) is 0 Å². The van der Waals surface area contributed by atoms with Gasteiger partial charge in [-0.3, -0.25) is 4.79 Å². The normalized spacial score (nSPS) is 15.9. The molecule has 0 saturated heterocycles. The number of amides is 1. The summed E-state index contributed by atoms with van der Waals surface area (Å²) in [5.74, 6) is 0.910. The predicted molar refractivity (Wildman–Crippen MR) is 57.9 cm³/mol. The van der Waals surface area contributed by atoms with Crippen molar-refractivity contribution in [2.75, 3.05) is 23.4 Å². The summed E-state index contributed by atoms with van der Waals surface area (Å²) >= 11 is 0. The van der Waals surface area contributed by atoms with E-state index in [1.807, 2.05) is 25.8 Å². The third kappa shape index (κ3) is 1.54. The summed E-state index contributed by atoms with van der Waals surface area (Å²) in [6.45, 7) is 4.35. The van der Waals surface area contributed by atoms with Crippen LogP contribution in [0.4, 0.5) is 11.5 Å². The van der Waals surface area contributed by atoms with Crippen molar-refractivity contribution in [3.8, 4) is 0 Å². The largest absolute Gasteiger partial charge is 0.349 e. The monoisotopic (exact) mass is 206 g/mol. The lowest BCUT2D eigenvalue weighted by Gasteiger charge is -2.35. The Kier molecular flexibility index (Phi) is 2.30. The summed E-state index contributed by atoms with van der Waals surface area (Å²) in [6.07, 6.45) is 3.19. The van der Waals surface area contributed by atoms with Crippen LogP contribution in [-0.4, -0.2) is 35.5 Å². The molecule has 80 valence electrons. The lowest BCUT2D eigenvalue weighted by Crippen LogP contribution is -2.48. The fraction of sp³-hybridized carbons (Fsp3) is 0.500. The van der Waals surface area contributed by atoms with E-state index in [2.05, 4.69) is 9.97 Å². The Morgan fingerprint density at radius 2 is 2.20 bits per heavy atom. The molecule has 5 nitrogen and oxygen atoms in total. The first kappa shape index (κ1) is 9.89. The van der Waals surface area contributed by atoms with Gasteiger partial charge < -0.3 is 9.80 Å². The fourth-order valence-electron chi connectivity index (χ4n) is 1.83. The van der Waals surface area contributed by atoms with Gasteiger partial charge in [0.25, 0.3) is 0 Å². The summed E-state index contributed by atoms with van der Waals surface area (Å²) in [4.78, 5) is 23.6. The van der Waals surface area contributed by atoms with Gasteiger partial charge in [-0.05, 0) is 13.8 Å². The molecule has 0 aliphatic carbocycles. The highest BCUT2D eigenvalue weighted by Crippen LogP contribution is 2.30. The Morgan fingerprint density at radius 3 is 2.87 bits per heavy atom. The second-order valence-electron chi connectivity index (χ2n) is 3.95. The minimum Gasteiger partial charge on any atom is -0.349 e. The zero-order valence-corrected chi connectivity index (χ0v) is 9.14. The average Bonchev–Trinajstić information content (AvgIpc) is 2.17. The molecule has 2 heterocycles. The maximum Gasteiger partial charge on any atom is 0.246 e. The van der Waals surface area contributed by atoms with E-state index in [1.54, 1.807) is 11.1 Å². The van der Waals surface area contributed by atoms with Crippen molar-refractivity contribution in [3.63, 3.8) is 0 Å². The first-order valence-corrected chi connectivity index (χ1v) is 4.94. The zero-order chi connectivity index (χ0) is 11.0. The van der Waals surface area contributed by atoms with Crippen molar-refractivity contribution in [2.45, 2.75) is 19.9 Å². The zero-order valence-electron chi connectivity index (χ0n) is 9.14. The smallest absolute Gasteiger partial charge is 0.246 e. The Bertz CT molecular complexity index is 391. The molecule has 1 amide bonds. The number of hydrogen-bond acceptors (Lipinski definition) is 4. The van der Waals surface area contributed by atoms with Crippen LogP contribution in [-0.2, 0) is 4.79 Å². The number of hydrogen-bond donors (Lipinski definition) is 0. The van der Waals surface area contributed by atoms with Gasteiger partial charge in [-0.2, -0.15) is 0 Å². The van der Waals surface area contributed by atoms with Gasteiger partial charge in [0, 0.05) is 13.1 Å². The second-order valence-corrected chi connectivity index (χ2v) is 3.95. The van der Waals surface area contributed by atoms with E-state index >= 15 is 0 Å². The number of fused-ring (bicyclic) bond motifs is 1. The van der Waals surface area contributed by atoms with Crippen molar-refractivity contribution in [3.05, 3.63) is 12.5 Å². The highest BCUT2D eigenvalue weighted by Gasteiger charge is 2.29. The molecule has 0 fully saturated rings. The number of aromatic nitrogens is 2. The maximum absolute atomic E-state index is 11.8. The van der Waals surface area contributed by atoms with Gasteiger partial charge in [0.2, 0.25) is 5.91 Å². The molecule has 1 aromatic heterocycles. The SMILES string of the molecule is CC(C)N1C(=O)CN(C)c2ncncc21. The van der Waals surface area contributed by atoms with Gasteiger partial charge >= 0.3 is 0 Å². The Labute approximate surface area is 88.7 Å². The predicted octanol–water partition coefficient (Wildman–Crippen LogP) is 0.668. The first-order chi connectivity index (χ1) is 7.11. The second kappa shape index (κ2) is 3.49. The lowest BCUT2D eigenvalue weighted by molar-refractivity contribution is -0.117. The topological polar surface area (TPSA) is 49.3 Å². The van der Waals surface area contributed by atoms with Crippen LogP contribution in [0.3, 0.4) is 0 Å². The highest BCUT2D eigenvalue weighted by molar-refractivity contribution is 6.02. The minimum absolute atomic E-state index is 0.0924. The quantitative estimate of drug-likeness (QED) is 0.677. The molecule has 0 bridgehead atoms. The Morgan fingerprint density at radius 1 is 1.47 bits per heavy atom. The van der Waals surface area contributed by atoms with E-state index < -0.39 is 0 Å². The molecule has 0 saturated carbocycles. The van der Waals surface area contributed by atoms with Crippen molar-refractivity contribution >= 4 is 17.4 Å². The van der Waals surface area contributed by atoms with Crippen LogP contribution in [0.15, 0.2) is 12.5 Å². The van der Waals surface area contributed by atoms with Crippen LogP contribution in [0, 0.1) is 0 Å². The molecule has 0 radical (unpaired) electrons. The van der Waals surface area contributed by atoms with Gasteiger partial charge in [0.05, 0.1) is 12.7 Å². The fourth-order valence-corrected chi connectivity index (χ4v) is 1.83. The third-order valence-corrected chi connectivity index (χ3v) is 2.45. The van der Waals surface area contributed by atoms with E-state index in [9.17, 15) is 4.79 Å². The number of anilines is 2. The van der Waals surface area contributed by atoms with E-state index in [1.165, 1.54) is 6.33 Å². The minimum atomic E-state index is 0.0924. The number of nitrogens with zero attached hydrogens (tertiary/aromatic N) is 4. The van der Waals surface area contributed by atoms with Gasteiger partial charge in [0.1, 0.15) is 12.0 Å². The average molecular weight is 206 g/mol.